The van der Waals surface area contributed by atoms with Crippen LogP contribution in [0, 0.1) is 6.92 Å². The number of thiazole rings is 1. The minimum atomic E-state index is -4.93. The third-order valence-electron chi connectivity index (χ3n) is 4.91. The topological polar surface area (TPSA) is 109 Å². The van der Waals surface area contributed by atoms with Gasteiger partial charge in [-0.2, -0.15) is 13.2 Å². The van der Waals surface area contributed by atoms with Crippen molar-refractivity contribution in [1.82, 2.24) is 15.2 Å². The molecule has 2 amide bonds. The molecule has 1 aliphatic rings. The maximum Gasteiger partial charge on any atom is 0.412 e. The summed E-state index contributed by atoms with van der Waals surface area (Å²) in [6.45, 7) is 1.66. The molecule has 3 rings (SSSR count). The van der Waals surface area contributed by atoms with Gasteiger partial charge in [-0.1, -0.05) is 24.3 Å². The molecular weight excluding hydrogens is 421 g/mol. The van der Waals surface area contributed by atoms with E-state index >= 15 is 0 Å². The predicted octanol–water partition coefficient (Wildman–Crippen LogP) is 1.59. The molecule has 2 aromatic rings. The van der Waals surface area contributed by atoms with Crippen molar-refractivity contribution in [3.63, 3.8) is 0 Å². The first-order chi connectivity index (χ1) is 14.1. The highest BCUT2D eigenvalue weighted by molar-refractivity contribution is 7.13. The Kier molecular flexibility index (Phi) is 6.44. The van der Waals surface area contributed by atoms with Crippen LogP contribution in [-0.2, 0) is 16.1 Å². The maximum absolute atomic E-state index is 12.8. The number of nitrogens with one attached hydrogen (secondary N) is 1. The van der Waals surface area contributed by atoms with Crippen LogP contribution in [0.5, 0.6) is 0 Å². The number of benzene rings is 1. The Hall–Kier alpha value is -2.50. The number of aliphatic hydroxyl groups is 1. The summed E-state index contributed by atoms with van der Waals surface area (Å²) in [7, 11) is 0. The Morgan fingerprint density at radius 1 is 1.37 bits per heavy atom. The Balaban J connectivity index is 1.63. The maximum atomic E-state index is 12.8. The summed E-state index contributed by atoms with van der Waals surface area (Å²) in [5.74, 6) is -2.07. The highest BCUT2D eigenvalue weighted by Gasteiger charge is 2.48. The first-order valence-corrected chi connectivity index (χ1v) is 10.0. The van der Waals surface area contributed by atoms with Crippen LogP contribution in [0.3, 0.4) is 0 Å². The summed E-state index contributed by atoms with van der Waals surface area (Å²) < 4.78 is 38.3. The van der Waals surface area contributed by atoms with Crippen molar-refractivity contribution in [2.45, 2.75) is 44.3 Å². The van der Waals surface area contributed by atoms with Crippen LogP contribution in [0.2, 0.25) is 0 Å². The largest absolute Gasteiger partial charge is 0.412 e. The van der Waals surface area contributed by atoms with Crippen LogP contribution in [0.1, 0.15) is 17.7 Å². The van der Waals surface area contributed by atoms with E-state index in [1.54, 1.807) is 5.51 Å². The zero-order chi connectivity index (χ0) is 22.1. The van der Waals surface area contributed by atoms with Gasteiger partial charge in [-0.05, 0) is 18.1 Å². The van der Waals surface area contributed by atoms with Gasteiger partial charge < -0.3 is 21.1 Å². The summed E-state index contributed by atoms with van der Waals surface area (Å²) in [4.78, 5) is 30.5. The molecule has 1 aliphatic heterocycles. The number of alkyl halides is 3. The Morgan fingerprint density at radius 2 is 2.03 bits per heavy atom. The molecule has 162 valence electrons. The summed E-state index contributed by atoms with van der Waals surface area (Å²) >= 11 is 1.52. The van der Waals surface area contributed by atoms with Crippen molar-refractivity contribution < 1.29 is 27.9 Å². The molecule has 0 saturated carbocycles. The number of carbonyl (C=O) groups excluding carboxylic acids is 2. The molecule has 7 nitrogen and oxygen atoms in total. The van der Waals surface area contributed by atoms with Crippen molar-refractivity contribution in [3.8, 4) is 10.4 Å². The van der Waals surface area contributed by atoms with E-state index in [4.69, 9.17) is 5.73 Å². The number of nitrogens with two attached hydrogens (primary N) is 1. The molecule has 1 aromatic carbocycles. The van der Waals surface area contributed by atoms with Crippen LogP contribution in [-0.4, -0.2) is 57.7 Å². The third-order valence-corrected chi connectivity index (χ3v) is 5.89. The van der Waals surface area contributed by atoms with E-state index in [1.807, 2.05) is 31.2 Å². The normalized spacial score (nSPS) is 20.3. The molecule has 1 aromatic heterocycles. The fourth-order valence-electron chi connectivity index (χ4n) is 3.28. The van der Waals surface area contributed by atoms with Crippen LogP contribution in [0.25, 0.3) is 10.4 Å². The monoisotopic (exact) mass is 442 g/mol. The number of likely N-dealkylation sites (tertiary alicyclic amines) is 1. The molecule has 1 saturated heterocycles. The molecule has 0 spiro atoms. The van der Waals surface area contributed by atoms with Crippen molar-refractivity contribution in [2.24, 2.45) is 5.73 Å². The Morgan fingerprint density at radius 3 is 2.60 bits per heavy atom. The zero-order valence-electron chi connectivity index (χ0n) is 16.0. The van der Waals surface area contributed by atoms with Gasteiger partial charge in [-0.15, -0.1) is 11.3 Å². The van der Waals surface area contributed by atoms with Crippen molar-refractivity contribution in [3.05, 3.63) is 41.0 Å². The molecule has 0 radical (unpaired) electrons. The lowest BCUT2D eigenvalue weighted by Gasteiger charge is -2.27. The number of amides is 2. The molecular formula is C19H21F3N4O3S. The Labute approximate surface area is 174 Å². The lowest BCUT2D eigenvalue weighted by atomic mass is 10.1. The number of carbonyl (C=O) groups is 2. The third kappa shape index (κ3) is 4.79. The van der Waals surface area contributed by atoms with Gasteiger partial charge in [0.1, 0.15) is 6.04 Å². The van der Waals surface area contributed by atoms with E-state index in [2.05, 4.69) is 10.3 Å². The van der Waals surface area contributed by atoms with E-state index in [0.29, 0.717) is 4.90 Å². The van der Waals surface area contributed by atoms with E-state index in [1.165, 1.54) is 11.3 Å². The molecule has 3 atom stereocenters. The van der Waals surface area contributed by atoms with Crippen molar-refractivity contribution in [1.29, 1.82) is 0 Å². The number of nitrogens with zero attached hydrogens (tertiary/aromatic N) is 2. The van der Waals surface area contributed by atoms with Crippen LogP contribution >= 0.6 is 11.3 Å². The number of β-amino-alcohol motifs (C(OH)–C–C–N with tert-alkyl or cyclic N) is 1. The van der Waals surface area contributed by atoms with E-state index in [9.17, 15) is 27.9 Å². The number of aromatic nitrogens is 1. The molecule has 4 N–H and O–H groups in total. The van der Waals surface area contributed by atoms with Gasteiger partial charge in [0, 0.05) is 19.5 Å². The standard InChI is InChI=1S/C19H21F3N4O3S/c1-10-15(30-9-25-10)12-4-2-11(3-5-12)7-24-17(28)14-6-13(27)8-26(14)18(29)16(23)19(20,21)22/h2-5,9,13-14,16,27H,6-8,23H2,1H3,(H,24,28)/t13-,14+,16-/m1/s1. The Bertz CT molecular complexity index is 916. The minimum absolute atomic E-state index is 0.126. The van der Waals surface area contributed by atoms with Gasteiger partial charge in [-0.3, -0.25) is 9.59 Å². The number of aliphatic hydroxyl groups excluding tert-OH is 1. The van der Waals surface area contributed by atoms with Gasteiger partial charge >= 0.3 is 6.18 Å². The number of aryl methyl sites for hydroxylation is 1. The number of hydrogen-bond donors (Lipinski definition) is 3. The van der Waals surface area contributed by atoms with Crippen LogP contribution < -0.4 is 11.1 Å². The summed E-state index contributed by atoms with van der Waals surface area (Å²) in [6.07, 6.45) is -6.16. The second kappa shape index (κ2) is 8.70. The fraction of sp³-hybridized carbons (Fsp3) is 0.421. The number of halogens is 3. The molecule has 1 fully saturated rings. The van der Waals surface area contributed by atoms with Gasteiger partial charge in [-0.25, -0.2) is 4.98 Å². The van der Waals surface area contributed by atoms with Crippen molar-refractivity contribution in [2.75, 3.05) is 6.54 Å². The zero-order valence-corrected chi connectivity index (χ0v) is 16.8. The van der Waals surface area contributed by atoms with Gasteiger partial charge in [0.15, 0.2) is 6.04 Å². The first-order valence-electron chi connectivity index (χ1n) is 9.16. The fourth-order valence-corrected chi connectivity index (χ4v) is 4.10. The summed E-state index contributed by atoms with van der Waals surface area (Å²) in [5.41, 5.74) is 9.42. The average Bonchev–Trinajstić information content (AvgIpc) is 3.30. The molecule has 0 bridgehead atoms. The van der Waals surface area contributed by atoms with Crippen LogP contribution in [0.15, 0.2) is 29.8 Å². The summed E-state index contributed by atoms with van der Waals surface area (Å²) in [5, 5.41) is 12.4. The lowest BCUT2D eigenvalue weighted by molar-refractivity contribution is -0.171. The molecule has 11 heteroatoms. The van der Waals surface area contributed by atoms with Crippen molar-refractivity contribution >= 4 is 23.2 Å². The second-order valence-corrected chi connectivity index (χ2v) is 7.95. The highest BCUT2D eigenvalue weighted by atomic mass is 32.1. The van der Waals surface area contributed by atoms with E-state index in [0.717, 1.165) is 21.7 Å². The first kappa shape index (κ1) is 22.2. The SMILES string of the molecule is Cc1ncsc1-c1ccc(CNC(=O)[C@@H]2C[C@@H](O)CN2C(=O)[C@@H](N)C(F)(F)F)cc1. The van der Waals surface area contributed by atoms with Gasteiger partial charge in [0.25, 0.3) is 0 Å². The van der Waals surface area contributed by atoms with Crippen LogP contribution in [0.4, 0.5) is 13.2 Å². The number of rotatable bonds is 5. The van der Waals surface area contributed by atoms with E-state index in [-0.39, 0.29) is 19.5 Å². The smallest absolute Gasteiger partial charge is 0.391 e. The highest BCUT2D eigenvalue weighted by Crippen LogP contribution is 2.27. The van der Waals surface area contributed by atoms with Gasteiger partial charge in [0.05, 0.1) is 22.2 Å². The molecule has 0 aliphatic carbocycles. The van der Waals surface area contributed by atoms with Gasteiger partial charge in [0.2, 0.25) is 11.8 Å². The van der Waals surface area contributed by atoms with E-state index < -0.39 is 36.2 Å². The second-order valence-electron chi connectivity index (χ2n) is 7.10. The molecule has 0 unspecified atom stereocenters. The minimum Gasteiger partial charge on any atom is -0.391 e. The number of hydrogen-bond acceptors (Lipinski definition) is 6. The molecule has 30 heavy (non-hydrogen) atoms. The average molecular weight is 442 g/mol. The summed E-state index contributed by atoms with van der Waals surface area (Å²) in [6, 6.07) is 3.47. The quantitative estimate of drug-likeness (QED) is 0.652. The molecule has 2 heterocycles. The predicted molar refractivity (Wildman–Crippen MR) is 104 cm³/mol. The lowest BCUT2D eigenvalue weighted by Crippen LogP contribution is -2.55.